The number of nitrogens with zero attached hydrogens (tertiary/aromatic N) is 2. The van der Waals surface area contributed by atoms with Crippen LogP contribution in [0, 0.1) is 5.92 Å². The molecular formula is C16H20N2O3. The third kappa shape index (κ3) is 4.41. The predicted octanol–water partition coefficient (Wildman–Crippen LogP) is 2.44. The Balaban J connectivity index is 2.21. The maximum Gasteiger partial charge on any atom is 0.328 e. The monoisotopic (exact) mass is 288 g/mol. The molecule has 0 saturated heterocycles. The normalized spacial score (nSPS) is 14.3. The van der Waals surface area contributed by atoms with Gasteiger partial charge in [0, 0.05) is 42.7 Å². The Morgan fingerprint density at radius 3 is 2.86 bits per heavy atom. The van der Waals surface area contributed by atoms with Crippen LogP contribution in [-0.2, 0) is 4.79 Å². The molecule has 1 saturated carbocycles. The fraction of sp³-hybridized carbons (Fsp3) is 0.438. The lowest BCUT2D eigenvalue weighted by molar-refractivity contribution is -0.131. The highest BCUT2D eigenvalue weighted by Crippen LogP contribution is 2.30. The Morgan fingerprint density at radius 1 is 1.48 bits per heavy atom. The Morgan fingerprint density at radius 2 is 2.24 bits per heavy atom. The molecule has 1 N–H and O–H groups in total. The molecule has 0 bridgehead atoms. The van der Waals surface area contributed by atoms with Gasteiger partial charge >= 0.3 is 5.97 Å². The smallest absolute Gasteiger partial charge is 0.328 e. The van der Waals surface area contributed by atoms with Crippen molar-refractivity contribution in [3.8, 4) is 0 Å². The topological polar surface area (TPSA) is 70.5 Å². The van der Waals surface area contributed by atoms with Gasteiger partial charge in [-0.1, -0.05) is 6.92 Å². The Labute approximate surface area is 124 Å². The van der Waals surface area contributed by atoms with Crippen molar-refractivity contribution < 1.29 is 14.7 Å². The zero-order chi connectivity index (χ0) is 15.2. The first-order valence-electron chi connectivity index (χ1n) is 7.26. The van der Waals surface area contributed by atoms with Gasteiger partial charge in [-0.15, -0.1) is 0 Å². The van der Waals surface area contributed by atoms with Crippen LogP contribution in [0.4, 0.5) is 0 Å². The number of carbonyl (C=O) groups is 2. The second kappa shape index (κ2) is 7.02. The number of pyridine rings is 1. The molecule has 0 aromatic carbocycles. The summed E-state index contributed by atoms with van der Waals surface area (Å²) in [4.78, 5) is 29.2. The summed E-state index contributed by atoms with van der Waals surface area (Å²) in [6.07, 6.45) is 8.82. The van der Waals surface area contributed by atoms with E-state index in [0.717, 1.165) is 25.6 Å². The van der Waals surface area contributed by atoms with Crippen molar-refractivity contribution >= 4 is 18.0 Å². The van der Waals surface area contributed by atoms with Gasteiger partial charge in [-0.3, -0.25) is 9.78 Å². The summed E-state index contributed by atoms with van der Waals surface area (Å²) in [6.45, 7) is 3.56. The molecule has 1 fully saturated rings. The van der Waals surface area contributed by atoms with Crippen LogP contribution < -0.4 is 0 Å². The first kappa shape index (κ1) is 15.2. The molecule has 1 amide bonds. The Kier molecular flexibility index (Phi) is 5.09. The van der Waals surface area contributed by atoms with Crippen LogP contribution in [0.25, 0.3) is 6.08 Å². The molecule has 0 radical (unpaired) electrons. The molecule has 0 atom stereocenters. The van der Waals surface area contributed by atoms with Crippen molar-refractivity contribution in [3.05, 3.63) is 35.7 Å². The number of amides is 1. The van der Waals surface area contributed by atoms with Gasteiger partial charge in [-0.2, -0.15) is 0 Å². The van der Waals surface area contributed by atoms with E-state index in [9.17, 15) is 9.59 Å². The van der Waals surface area contributed by atoms with E-state index in [1.165, 1.54) is 25.1 Å². The minimum absolute atomic E-state index is 0.0452. The van der Waals surface area contributed by atoms with E-state index in [4.69, 9.17) is 5.11 Å². The number of carboxylic acids is 1. The molecule has 1 aromatic heterocycles. The molecule has 0 unspecified atom stereocenters. The second-order valence-electron chi connectivity index (χ2n) is 5.33. The molecule has 5 nitrogen and oxygen atoms in total. The fourth-order valence-electron chi connectivity index (χ4n) is 2.22. The van der Waals surface area contributed by atoms with Crippen LogP contribution in [-0.4, -0.2) is 40.0 Å². The van der Waals surface area contributed by atoms with Crippen LogP contribution in [0.2, 0.25) is 0 Å². The van der Waals surface area contributed by atoms with Gasteiger partial charge in [-0.25, -0.2) is 4.79 Å². The van der Waals surface area contributed by atoms with Crippen molar-refractivity contribution in [2.24, 2.45) is 5.92 Å². The molecule has 0 spiro atoms. The van der Waals surface area contributed by atoms with E-state index in [1.54, 1.807) is 12.3 Å². The van der Waals surface area contributed by atoms with Gasteiger partial charge in [-0.05, 0) is 37.3 Å². The summed E-state index contributed by atoms with van der Waals surface area (Å²) in [5.74, 6) is -0.461. The SMILES string of the molecule is CCCN(CC1CC1)C(=O)c1ccncc1C=CC(=O)O. The number of aliphatic carboxylic acids is 1. The van der Waals surface area contributed by atoms with E-state index in [0.29, 0.717) is 17.0 Å². The minimum atomic E-state index is -1.04. The zero-order valence-corrected chi connectivity index (χ0v) is 12.2. The summed E-state index contributed by atoms with van der Waals surface area (Å²) < 4.78 is 0. The zero-order valence-electron chi connectivity index (χ0n) is 12.2. The minimum Gasteiger partial charge on any atom is -0.478 e. The molecular weight excluding hydrogens is 268 g/mol. The first-order chi connectivity index (χ1) is 10.1. The summed E-state index contributed by atoms with van der Waals surface area (Å²) in [5.41, 5.74) is 1.05. The predicted molar refractivity (Wildman–Crippen MR) is 79.8 cm³/mol. The lowest BCUT2D eigenvalue weighted by atomic mass is 10.1. The van der Waals surface area contributed by atoms with E-state index in [-0.39, 0.29) is 5.91 Å². The van der Waals surface area contributed by atoms with E-state index in [1.807, 2.05) is 11.8 Å². The molecule has 1 aliphatic rings. The van der Waals surface area contributed by atoms with Gasteiger partial charge in [0.15, 0.2) is 0 Å². The second-order valence-corrected chi connectivity index (χ2v) is 5.33. The summed E-state index contributed by atoms with van der Waals surface area (Å²) in [7, 11) is 0. The van der Waals surface area contributed by atoms with Crippen molar-refractivity contribution in [2.45, 2.75) is 26.2 Å². The molecule has 2 rings (SSSR count). The molecule has 5 heteroatoms. The molecule has 21 heavy (non-hydrogen) atoms. The van der Waals surface area contributed by atoms with Gasteiger partial charge in [0.05, 0.1) is 0 Å². The maximum atomic E-state index is 12.7. The first-order valence-corrected chi connectivity index (χ1v) is 7.26. The molecule has 0 aliphatic heterocycles. The van der Waals surface area contributed by atoms with E-state index >= 15 is 0 Å². The molecule has 1 aliphatic carbocycles. The van der Waals surface area contributed by atoms with E-state index in [2.05, 4.69) is 4.98 Å². The number of hydrogen-bond acceptors (Lipinski definition) is 3. The van der Waals surface area contributed by atoms with E-state index < -0.39 is 5.97 Å². The summed E-state index contributed by atoms with van der Waals surface area (Å²) in [6, 6.07) is 1.65. The third-order valence-electron chi connectivity index (χ3n) is 3.44. The Hall–Kier alpha value is -2.17. The number of carboxylic acid groups (broad SMARTS) is 1. The largest absolute Gasteiger partial charge is 0.478 e. The molecule has 1 heterocycles. The van der Waals surface area contributed by atoms with Crippen LogP contribution >= 0.6 is 0 Å². The van der Waals surface area contributed by atoms with Crippen LogP contribution in [0.3, 0.4) is 0 Å². The van der Waals surface area contributed by atoms with Crippen molar-refractivity contribution in [1.82, 2.24) is 9.88 Å². The standard InChI is InChI=1S/C16H20N2O3/c1-2-9-18(11-12-3-4-12)16(21)14-7-8-17-10-13(14)5-6-15(19)20/h5-8,10,12H,2-4,9,11H2,1H3,(H,19,20). The quantitative estimate of drug-likeness (QED) is 0.782. The average Bonchev–Trinajstić information content (AvgIpc) is 3.28. The highest BCUT2D eigenvalue weighted by molar-refractivity contribution is 5.98. The Bertz CT molecular complexity index is 550. The van der Waals surface area contributed by atoms with Crippen LogP contribution in [0.5, 0.6) is 0 Å². The summed E-state index contributed by atoms with van der Waals surface area (Å²) in [5, 5.41) is 8.72. The molecule has 112 valence electrons. The fourth-order valence-corrected chi connectivity index (χ4v) is 2.22. The number of aromatic nitrogens is 1. The van der Waals surface area contributed by atoms with Gasteiger partial charge < -0.3 is 10.0 Å². The third-order valence-corrected chi connectivity index (χ3v) is 3.44. The molecule has 1 aromatic rings. The lowest BCUT2D eigenvalue weighted by Crippen LogP contribution is -2.34. The van der Waals surface area contributed by atoms with Crippen molar-refractivity contribution in [2.75, 3.05) is 13.1 Å². The number of carbonyl (C=O) groups excluding carboxylic acids is 1. The summed E-state index contributed by atoms with van der Waals surface area (Å²) >= 11 is 0. The highest BCUT2D eigenvalue weighted by atomic mass is 16.4. The lowest BCUT2D eigenvalue weighted by Gasteiger charge is -2.22. The van der Waals surface area contributed by atoms with Gasteiger partial charge in [0.2, 0.25) is 0 Å². The number of hydrogen-bond donors (Lipinski definition) is 1. The number of rotatable bonds is 7. The highest BCUT2D eigenvalue weighted by Gasteiger charge is 2.27. The van der Waals surface area contributed by atoms with Gasteiger partial charge in [0.25, 0.3) is 5.91 Å². The average molecular weight is 288 g/mol. The van der Waals surface area contributed by atoms with Crippen LogP contribution in [0.1, 0.15) is 42.1 Å². The van der Waals surface area contributed by atoms with Crippen molar-refractivity contribution in [1.29, 1.82) is 0 Å². The van der Waals surface area contributed by atoms with Crippen molar-refractivity contribution in [3.63, 3.8) is 0 Å². The van der Waals surface area contributed by atoms with Crippen LogP contribution in [0.15, 0.2) is 24.5 Å². The maximum absolute atomic E-state index is 12.7. The van der Waals surface area contributed by atoms with Gasteiger partial charge in [0.1, 0.15) is 0 Å².